The van der Waals surface area contributed by atoms with Crippen LogP contribution in [0.4, 0.5) is 0 Å². The summed E-state index contributed by atoms with van der Waals surface area (Å²) in [6, 6.07) is 8.79. The molecular weight excluding hydrogens is 848 g/mol. The predicted molar refractivity (Wildman–Crippen MR) is 224 cm³/mol. The number of likely N-dealkylation sites (N-methyl/N-ethyl adjacent to an activating group) is 1. The van der Waals surface area contributed by atoms with Crippen LogP contribution in [-0.2, 0) is 44.7 Å². The van der Waals surface area contributed by atoms with Crippen LogP contribution in [0.15, 0.2) is 60.8 Å². The van der Waals surface area contributed by atoms with Crippen molar-refractivity contribution in [2.75, 3.05) is 33.8 Å². The fourth-order valence-corrected chi connectivity index (χ4v) is 7.35. The Morgan fingerprint density at radius 3 is 2.37 bits per heavy atom. The average molecular weight is 899 g/mol. The molecule has 2 aliphatic heterocycles. The Morgan fingerprint density at radius 1 is 0.921 bits per heavy atom. The zero-order valence-electron chi connectivity index (χ0n) is 34.2. The number of carbonyl (C=O) groups excluding carboxylic acids is 7. The van der Waals surface area contributed by atoms with Gasteiger partial charge >= 0.3 is 0 Å². The highest BCUT2D eigenvalue weighted by molar-refractivity contribution is 6.31. The molecule has 21 nitrogen and oxygen atoms in total. The van der Waals surface area contributed by atoms with E-state index in [2.05, 4.69) is 36.9 Å². The predicted octanol–water partition coefficient (Wildman–Crippen LogP) is -3.32. The molecule has 5 rings (SSSR count). The minimum Gasteiger partial charge on any atom is -0.391 e. The molecule has 63 heavy (non-hydrogen) atoms. The Bertz CT molecular complexity index is 2190. The molecule has 3 heterocycles. The highest BCUT2D eigenvalue weighted by Gasteiger charge is 2.55. The van der Waals surface area contributed by atoms with E-state index in [0.29, 0.717) is 21.5 Å². The Kier molecular flexibility index (Phi) is 16.4. The zero-order chi connectivity index (χ0) is 46.0. The Balaban J connectivity index is 1.40. The third kappa shape index (κ3) is 12.6. The molecule has 2 saturated heterocycles. The van der Waals surface area contributed by atoms with E-state index in [1.54, 1.807) is 60.8 Å². The SMILES string of the molecule is COC1C(=O)N[C@@]2(O)CC(=O)N(C)CC(=O)N[C@H](Cc3c[nH]c4cc(Cl)ccc34)C(=O)NCC(=O)NC[C@H](O)CC(=O)N[C@H]([C@H](O)[C@@H](O)C/C=C/c3ccccc3)[C@H](O)C(=O)N[C@H]12. The molecule has 0 radical (unpaired) electrons. The number of nitrogens with one attached hydrogen (secondary N) is 7. The standard InChI is InChI=1S/C41H51ClN8O13/c1-50-20-31(55)46-27(13-22-17-43-26-14-23(42)11-12-25(22)26)38(59)45-19-30(54)44-18-24(51)15-29(53)47-33(34(57)28(52)10-6-9-21-7-4-3-5-8-21)35(58)39(60)48-37-36(63-2)40(61)49-41(37,62)16-32(50)56/h3-9,11-12,14,17,24,27-28,33-37,43,51-52,57-58,62H,10,13,15-16,18-20H2,1-2H3,(H,44,54)(H,45,59)(H,46,55)(H,47,53)(H,48,60)(H,49,61)/b9-6+/t24-,27-,28+,33-,34-,35+,36?,37-,41-/m1/s1. The van der Waals surface area contributed by atoms with Crippen LogP contribution in [0, 0.1) is 0 Å². The molecule has 9 atom stereocenters. The summed E-state index contributed by atoms with van der Waals surface area (Å²) in [7, 11) is 2.26. The van der Waals surface area contributed by atoms with Crippen molar-refractivity contribution in [2.45, 2.75) is 80.1 Å². The molecule has 22 heteroatoms. The minimum atomic E-state index is -2.60. The van der Waals surface area contributed by atoms with Gasteiger partial charge in [0, 0.05) is 49.2 Å². The number of halogens is 1. The van der Waals surface area contributed by atoms with Crippen LogP contribution in [-0.4, -0.2) is 165 Å². The topological polar surface area (TPSA) is 321 Å². The van der Waals surface area contributed by atoms with Gasteiger partial charge in [-0.15, -0.1) is 0 Å². The summed E-state index contributed by atoms with van der Waals surface area (Å²) in [5.41, 5.74) is -0.620. The summed E-state index contributed by atoms with van der Waals surface area (Å²) in [5, 5.41) is 71.0. The molecule has 2 aromatic carbocycles. The molecule has 1 aromatic heterocycles. The fraction of sp³-hybridized carbons (Fsp3) is 0.439. The van der Waals surface area contributed by atoms with Crippen molar-refractivity contribution in [3.63, 3.8) is 0 Å². The lowest BCUT2D eigenvalue weighted by molar-refractivity contribution is -0.146. The van der Waals surface area contributed by atoms with Crippen molar-refractivity contribution in [1.29, 1.82) is 0 Å². The molecule has 0 aliphatic carbocycles. The molecule has 3 aromatic rings. The summed E-state index contributed by atoms with van der Waals surface area (Å²) in [4.78, 5) is 97.1. The first-order valence-electron chi connectivity index (χ1n) is 19.8. The van der Waals surface area contributed by atoms with Crippen LogP contribution in [0.2, 0.25) is 5.02 Å². The number of methoxy groups -OCH3 is 1. The van der Waals surface area contributed by atoms with Gasteiger partial charge < -0.3 is 72.1 Å². The summed E-state index contributed by atoms with van der Waals surface area (Å²) in [6.07, 6.45) is -6.72. The number of H-pyrrole nitrogens is 1. The van der Waals surface area contributed by atoms with Gasteiger partial charge in [-0.3, -0.25) is 33.6 Å². The molecular formula is C41H51ClN8O13. The Labute approximate surface area is 365 Å². The molecule has 2 aliphatic rings. The molecule has 0 bridgehead atoms. The number of amides is 7. The van der Waals surface area contributed by atoms with Crippen LogP contribution in [0.1, 0.15) is 30.4 Å². The Morgan fingerprint density at radius 2 is 1.65 bits per heavy atom. The molecule has 2 fully saturated rings. The quantitative estimate of drug-likeness (QED) is 0.106. The lowest BCUT2D eigenvalue weighted by Crippen LogP contribution is -2.64. The number of fused-ring (bicyclic) bond motifs is 2. The number of rotatable bonds is 8. The number of aromatic nitrogens is 1. The van der Waals surface area contributed by atoms with E-state index in [4.69, 9.17) is 16.3 Å². The number of hydrogen-bond donors (Lipinski definition) is 12. The van der Waals surface area contributed by atoms with Gasteiger partial charge in [-0.2, -0.15) is 0 Å². The summed E-state index contributed by atoms with van der Waals surface area (Å²) in [6.45, 7) is -1.84. The fourth-order valence-electron chi connectivity index (χ4n) is 7.18. The van der Waals surface area contributed by atoms with Crippen LogP contribution in [0.3, 0.4) is 0 Å². The lowest BCUT2D eigenvalue weighted by atomic mass is 9.95. The van der Waals surface area contributed by atoms with Gasteiger partial charge in [-0.05, 0) is 29.7 Å². The van der Waals surface area contributed by atoms with E-state index >= 15 is 0 Å². The number of ether oxygens (including phenoxy) is 1. The van der Waals surface area contributed by atoms with E-state index in [1.807, 2.05) is 0 Å². The second-order valence-corrected chi connectivity index (χ2v) is 15.8. The van der Waals surface area contributed by atoms with E-state index in [-0.39, 0.29) is 12.8 Å². The largest absolute Gasteiger partial charge is 0.391 e. The van der Waals surface area contributed by atoms with E-state index in [0.717, 1.165) is 17.6 Å². The first kappa shape index (κ1) is 48.1. The number of β-amino-alcohol motifs (C(OH)–C–C–N with tert-alkyl or cyclic N) is 1. The van der Waals surface area contributed by atoms with Gasteiger partial charge in [0.05, 0.1) is 44.2 Å². The lowest BCUT2D eigenvalue weighted by Gasteiger charge is -2.34. The number of aromatic amines is 1. The van der Waals surface area contributed by atoms with Gasteiger partial charge in [-0.25, -0.2) is 0 Å². The number of aliphatic hydroxyl groups is 5. The second kappa shape index (κ2) is 21.4. The van der Waals surface area contributed by atoms with Gasteiger partial charge in [0.15, 0.2) is 17.9 Å². The van der Waals surface area contributed by atoms with Gasteiger partial charge in [0.2, 0.25) is 29.5 Å². The van der Waals surface area contributed by atoms with Gasteiger partial charge in [-0.1, -0.05) is 60.2 Å². The van der Waals surface area contributed by atoms with Crippen LogP contribution >= 0.6 is 11.6 Å². The maximum absolute atomic E-state index is 13.7. The number of aliphatic hydroxyl groups excluding tert-OH is 4. The first-order chi connectivity index (χ1) is 29.9. The number of hydrogen-bond acceptors (Lipinski definition) is 13. The smallest absolute Gasteiger partial charge is 0.253 e. The van der Waals surface area contributed by atoms with E-state index < -0.39 is 128 Å². The molecule has 0 spiro atoms. The van der Waals surface area contributed by atoms with Crippen LogP contribution < -0.4 is 31.9 Å². The molecule has 1 unspecified atom stereocenters. The molecule has 12 N–H and O–H groups in total. The normalized spacial score (nSPS) is 27.4. The molecule has 7 amide bonds. The van der Waals surface area contributed by atoms with E-state index in [1.165, 1.54) is 13.1 Å². The monoisotopic (exact) mass is 898 g/mol. The first-order valence-corrected chi connectivity index (χ1v) is 20.2. The summed E-state index contributed by atoms with van der Waals surface area (Å²) in [5.74, 6) is -6.82. The third-order valence-corrected chi connectivity index (χ3v) is 10.8. The number of benzene rings is 2. The minimum absolute atomic E-state index is 0.0964. The highest BCUT2D eigenvalue weighted by atomic mass is 35.5. The van der Waals surface area contributed by atoms with Crippen molar-refractivity contribution in [2.24, 2.45) is 0 Å². The van der Waals surface area contributed by atoms with E-state index in [9.17, 15) is 59.1 Å². The van der Waals surface area contributed by atoms with Crippen molar-refractivity contribution in [3.8, 4) is 0 Å². The van der Waals surface area contributed by atoms with Crippen molar-refractivity contribution in [3.05, 3.63) is 77.0 Å². The number of carbonyl (C=O) groups is 7. The summed E-state index contributed by atoms with van der Waals surface area (Å²) < 4.78 is 5.21. The number of nitrogens with zero attached hydrogens (tertiary/aromatic N) is 1. The van der Waals surface area contributed by atoms with Gasteiger partial charge in [0.1, 0.15) is 18.2 Å². The molecule has 340 valence electrons. The molecule has 0 saturated carbocycles. The maximum atomic E-state index is 13.7. The van der Waals surface area contributed by atoms with Crippen LogP contribution in [0.5, 0.6) is 0 Å². The van der Waals surface area contributed by atoms with Gasteiger partial charge in [0.25, 0.3) is 11.8 Å². The van der Waals surface area contributed by atoms with Crippen molar-refractivity contribution in [1.82, 2.24) is 41.8 Å². The average Bonchev–Trinajstić information content (AvgIpc) is 3.74. The zero-order valence-corrected chi connectivity index (χ0v) is 35.0. The van der Waals surface area contributed by atoms with Crippen LogP contribution in [0.25, 0.3) is 17.0 Å². The Hall–Kier alpha value is -5.94. The summed E-state index contributed by atoms with van der Waals surface area (Å²) >= 11 is 6.12. The second-order valence-electron chi connectivity index (χ2n) is 15.3. The highest BCUT2D eigenvalue weighted by Crippen LogP contribution is 2.26. The maximum Gasteiger partial charge on any atom is 0.253 e. The van der Waals surface area contributed by atoms with Crippen molar-refractivity contribution < 1.29 is 63.8 Å². The van der Waals surface area contributed by atoms with Crippen molar-refractivity contribution >= 4 is 69.9 Å². The third-order valence-electron chi connectivity index (χ3n) is 10.6.